The number of rotatable bonds is 5. The fourth-order valence-corrected chi connectivity index (χ4v) is 2.21. The van der Waals surface area contributed by atoms with Crippen molar-refractivity contribution in [1.82, 2.24) is 0 Å². The molecule has 0 heterocycles. The van der Waals surface area contributed by atoms with Gasteiger partial charge in [-0.05, 0) is 42.8 Å². The molecule has 0 fully saturated rings. The Kier molecular flexibility index (Phi) is 5.86. The predicted molar refractivity (Wildman–Crippen MR) is 87.5 cm³/mol. The largest absolute Gasteiger partial charge is 0.477 e. The first-order valence-corrected chi connectivity index (χ1v) is 7.52. The molecule has 2 aromatic carbocycles. The van der Waals surface area contributed by atoms with Crippen LogP contribution in [-0.4, -0.2) is 12.1 Å². The van der Waals surface area contributed by atoms with E-state index in [4.69, 9.17) is 37.9 Å². The van der Waals surface area contributed by atoms with Crippen LogP contribution < -0.4 is 4.74 Å². The highest BCUT2D eigenvalue weighted by Crippen LogP contribution is 2.28. The van der Waals surface area contributed by atoms with Gasteiger partial charge in [-0.15, -0.1) is 0 Å². The van der Waals surface area contributed by atoms with Crippen molar-refractivity contribution >= 4 is 29.2 Å². The van der Waals surface area contributed by atoms with Crippen LogP contribution in [0.2, 0.25) is 10.0 Å². The molecule has 118 valence electrons. The summed E-state index contributed by atoms with van der Waals surface area (Å²) in [6.07, 6.45) is -0.813. The number of hydrogen-bond acceptors (Lipinski definition) is 4. The standard InChI is InChI=1S/C17H13Cl2NO3/c1-11(23-16-7-6-14(18)8-15(16)19)17(21)22-10-13-4-2-12(9-20)3-5-13/h2-8,11H,10H2,1H3/t11-/m0/s1. The summed E-state index contributed by atoms with van der Waals surface area (Å²) in [7, 11) is 0. The van der Waals surface area contributed by atoms with E-state index in [9.17, 15) is 4.79 Å². The Morgan fingerprint density at radius 2 is 1.91 bits per heavy atom. The van der Waals surface area contributed by atoms with Gasteiger partial charge in [-0.2, -0.15) is 5.26 Å². The summed E-state index contributed by atoms with van der Waals surface area (Å²) in [6.45, 7) is 1.68. The fourth-order valence-electron chi connectivity index (χ4n) is 1.76. The topological polar surface area (TPSA) is 59.3 Å². The second-order valence-electron chi connectivity index (χ2n) is 4.75. The molecule has 0 amide bonds. The van der Waals surface area contributed by atoms with Crippen molar-refractivity contribution in [3.05, 3.63) is 63.6 Å². The maximum atomic E-state index is 12.0. The smallest absolute Gasteiger partial charge is 0.347 e. The lowest BCUT2D eigenvalue weighted by molar-refractivity contribution is -0.152. The molecule has 0 spiro atoms. The van der Waals surface area contributed by atoms with Gasteiger partial charge in [-0.25, -0.2) is 4.79 Å². The summed E-state index contributed by atoms with van der Waals surface area (Å²) in [5, 5.41) is 9.54. The van der Waals surface area contributed by atoms with Gasteiger partial charge >= 0.3 is 5.97 Å². The van der Waals surface area contributed by atoms with Gasteiger partial charge in [0.1, 0.15) is 12.4 Å². The minimum Gasteiger partial charge on any atom is -0.477 e. The van der Waals surface area contributed by atoms with Crippen LogP contribution in [0.1, 0.15) is 18.1 Å². The van der Waals surface area contributed by atoms with Crippen molar-refractivity contribution in [3.8, 4) is 11.8 Å². The Hall–Kier alpha value is -2.22. The first-order chi connectivity index (χ1) is 11.0. The Morgan fingerprint density at radius 1 is 1.22 bits per heavy atom. The zero-order valence-electron chi connectivity index (χ0n) is 12.3. The van der Waals surface area contributed by atoms with Gasteiger partial charge in [0.2, 0.25) is 0 Å². The Balaban J connectivity index is 1.90. The van der Waals surface area contributed by atoms with Gasteiger partial charge in [0.05, 0.1) is 16.7 Å². The van der Waals surface area contributed by atoms with E-state index in [0.717, 1.165) is 5.56 Å². The summed E-state index contributed by atoms with van der Waals surface area (Å²) in [5.41, 5.74) is 1.34. The van der Waals surface area contributed by atoms with Crippen LogP contribution in [0.25, 0.3) is 0 Å². The number of ether oxygens (including phenoxy) is 2. The van der Waals surface area contributed by atoms with E-state index in [1.807, 2.05) is 6.07 Å². The second-order valence-corrected chi connectivity index (χ2v) is 5.59. The van der Waals surface area contributed by atoms with E-state index >= 15 is 0 Å². The zero-order chi connectivity index (χ0) is 16.8. The molecule has 0 aliphatic rings. The molecule has 0 radical (unpaired) electrons. The Labute approximate surface area is 144 Å². The number of carbonyl (C=O) groups excluding carboxylic acids is 1. The predicted octanol–water partition coefficient (Wildman–Crippen LogP) is 4.38. The van der Waals surface area contributed by atoms with Crippen molar-refractivity contribution < 1.29 is 14.3 Å². The average molecular weight is 350 g/mol. The van der Waals surface area contributed by atoms with Crippen molar-refractivity contribution in [3.63, 3.8) is 0 Å². The van der Waals surface area contributed by atoms with Crippen LogP contribution >= 0.6 is 23.2 Å². The molecule has 2 rings (SSSR count). The lowest BCUT2D eigenvalue weighted by atomic mass is 10.2. The molecule has 0 saturated carbocycles. The molecular formula is C17H13Cl2NO3. The van der Waals surface area contributed by atoms with Crippen LogP contribution in [-0.2, 0) is 16.1 Å². The molecule has 4 nitrogen and oxygen atoms in total. The van der Waals surface area contributed by atoms with Crippen LogP contribution in [0.4, 0.5) is 0 Å². The summed E-state index contributed by atoms with van der Waals surface area (Å²) in [6, 6.07) is 13.6. The molecule has 0 bridgehead atoms. The fraction of sp³-hybridized carbons (Fsp3) is 0.176. The van der Waals surface area contributed by atoms with Crippen molar-refractivity contribution in [1.29, 1.82) is 5.26 Å². The third kappa shape index (κ3) is 4.88. The van der Waals surface area contributed by atoms with Crippen molar-refractivity contribution in [2.75, 3.05) is 0 Å². The van der Waals surface area contributed by atoms with Crippen LogP contribution in [0.15, 0.2) is 42.5 Å². The summed E-state index contributed by atoms with van der Waals surface area (Å²) < 4.78 is 10.7. The number of benzene rings is 2. The van der Waals surface area contributed by atoms with Crippen LogP contribution in [0.3, 0.4) is 0 Å². The maximum absolute atomic E-state index is 12.0. The normalized spacial score (nSPS) is 11.4. The highest BCUT2D eigenvalue weighted by atomic mass is 35.5. The molecule has 0 aromatic heterocycles. The maximum Gasteiger partial charge on any atom is 0.347 e. The highest BCUT2D eigenvalue weighted by Gasteiger charge is 2.18. The van der Waals surface area contributed by atoms with Crippen molar-refractivity contribution in [2.24, 2.45) is 0 Å². The summed E-state index contributed by atoms with van der Waals surface area (Å²) >= 11 is 11.8. The number of nitrogens with zero attached hydrogens (tertiary/aromatic N) is 1. The quantitative estimate of drug-likeness (QED) is 0.751. The van der Waals surface area contributed by atoms with Gasteiger partial charge in [-0.1, -0.05) is 35.3 Å². The van der Waals surface area contributed by atoms with Gasteiger partial charge in [-0.3, -0.25) is 0 Å². The van der Waals surface area contributed by atoms with E-state index in [1.54, 1.807) is 43.3 Å². The number of halogens is 2. The minimum atomic E-state index is -0.813. The zero-order valence-corrected chi connectivity index (χ0v) is 13.8. The van der Waals surface area contributed by atoms with Gasteiger partial charge < -0.3 is 9.47 Å². The number of esters is 1. The highest BCUT2D eigenvalue weighted by molar-refractivity contribution is 6.35. The molecule has 0 saturated heterocycles. The molecule has 0 aliphatic heterocycles. The molecule has 23 heavy (non-hydrogen) atoms. The molecule has 0 aliphatic carbocycles. The molecule has 2 aromatic rings. The summed E-state index contributed by atoms with van der Waals surface area (Å²) in [4.78, 5) is 12.0. The lowest BCUT2D eigenvalue weighted by Gasteiger charge is -2.15. The average Bonchev–Trinajstić information content (AvgIpc) is 2.55. The Bertz CT molecular complexity index is 738. The van der Waals surface area contributed by atoms with E-state index in [0.29, 0.717) is 21.4 Å². The number of nitriles is 1. The molecule has 1 atom stereocenters. The Morgan fingerprint density at radius 3 is 2.52 bits per heavy atom. The van der Waals surface area contributed by atoms with Gasteiger partial charge in [0, 0.05) is 5.02 Å². The van der Waals surface area contributed by atoms with Crippen molar-refractivity contribution in [2.45, 2.75) is 19.6 Å². The minimum absolute atomic E-state index is 0.104. The van der Waals surface area contributed by atoms with Gasteiger partial charge in [0.15, 0.2) is 6.10 Å². The van der Waals surface area contributed by atoms with Gasteiger partial charge in [0.25, 0.3) is 0 Å². The van der Waals surface area contributed by atoms with Crippen LogP contribution in [0, 0.1) is 11.3 Å². The number of hydrogen-bond donors (Lipinski definition) is 0. The summed E-state index contributed by atoms with van der Waals surface area (Å²) in [5.74, 6) is -0.153. The first-order valence-electron chi connectivity index (χ1n) is 6.77. The first kappa shape index (κ1) is 17.1. The monoisotopic (exact) mass is 349 g/mol. The van der Waals surface area contributed by atoms with E-state index in [-0.39, 0.29) is 6.61 Å². The second kappa shape index (κ2) is 7.87. The third-order valence-electron chi connectivity index (χ3n) is 2.99. The molecule has 6 heteroatoms. The third-order valence-corrected chi connectivity index (χ3v) is 3.52. The SMILES string of the molecule is C[C@H](Oc1ccc(Cl)cc1Cl)C(=O)OCc1ccc(C#N)cc1. The number of carbonyl (C=O) groups is 1. The molecular weight excluding hydrogens is 337 g/mol. The molecule has 0 unspecified atom stereocenters. The van der Waals surface area contributed by atoms with E-state index in [1.165, 1.54) is 6.07 Å². The van der Waals surface area contributed by atoms with Crippen LogP contribution in [0.5, 0.6) is 5.75 Å². The van der Waals surface area contributed by atoms with E-state index in [2.05, 4.69) is 0 Å². The lowest BCUT2D eigenvalue weighted by Crippen LogP contribution is -2.26. The molecule has 0 N–H and O–H groups in total. The van der Waals surface area contributed by atoms with E-state index < -0.39 is 12.1 Å².